The molecule has 30 heavy (non-hydrogen) atoms. The number of aryl methyl sites for hydroxylation is 1. The Kier molecular flexibility index (Phi) is 6.91. The van der Waals surface area contributed by atoms with Crippen LogP contribution < -0.4 is 4.90 Å². The number of amides is 1. The van der Waals surface area contributed by atoms with E-state index in [2.05, 4.69) is 4.90 Å². The van der Waals surface area contributed by atoms with E-state index in [-0.39, 0.29) is 5.91 Å². The summed E-state index contributed by atoms with van der Waals surface area (Å²) in [4.78, 5) is 22.3. The normalized spacial score (nSPS) is 14.9. The molecule has 1 aromatic heterocycles. The number of carbonyl (C=O) groups is 1. The van der Waals surface area contributed by atoms with Gasteiger partial charge in [-0.05, 0) is 37.1 Å². The lowest BCUT2D eigenvalue weighted by molar-refractivity contribution is 0.0376. The van der Waals surface area contributed by atoms with Crippen molar-refractivity contribution in [2.24, 2.45) is 0 Å². The molecule has 0 aliphatic carbocycles. The predicted molar refractivity (Wildman–Crippen MR) is 124 cm³/mol. The molecule has 0 atom stereocenters. The molecule has 1 fully saturated rings. The number of morpholine rings is 1. The predicted octanol–water partition coefficient (Wildman–Crippen LogP) is 5.28. The molecule has 5 nitrogen and oxygen atoms in total. The van der Waals surface area contributed by atoms with Crippen LogP contribution in [0.15, 0.2) is 36.4 Å². The summed E-state index contributed by atoms with van der Waals surface area (Å²) < 4.78 is 6.32. The van der Waals surface area contributed by atoms with Gasteiger partial charge in [-0.25, -0.2) is 4.98 Å². The molecule has 0 spiro atoms. The number of nitrogens with zero attached hydrogens (tertiary/aromatic N) is 3. The number of anilines is 1. The van der Waals surface area contributed by atoms with Crippen molar-refractivity contribution in [3.05, 3.63) is 57.6 Å². The summed E-state index contributed by atoms with van der Waals surface area (Å²) in [6.45, 7) is 6.83. The third kappa shape index (κ3) is 4.63. The Morgan fingerprint density at radius 3 is 2.67 bits per heavy atom. The highest BCUT2D eigenvalue weighted by atomic mass is 35.5. The zero-order chi connectivity index (χ0) is 21.1. The van der Waals surface area contributed by atoms with Crippen molar-refractivity contribution >= 4 is 55.8 Å². The Hall–Kier alpha value is -1.70. The van der Waals surface area contributed by atoms with Crippen LogP contribution in [0.1, 0.15) is 22.3 Å². The van der Waals surface area contributed by atoms with Crippen LogP contribution >= 0.6 is 34.5 Å². The Balaban J connectivity index is 1.63. The topological polar surface area (TPSA) is 45.7 Å². The van der Waals surface area contributed by atoms with Crippen molar-refractivity contribution in [3.63, 3.8) is 0 Å². The maximum atomic E-state index is 13.4. The first kappa shape index (κ1) is 21.5. The van der Waals surface area contributed by atoms with E-state index in [0.717, 1.165) is 55.0 Å². The first-order chi connectivity index (χ1) is 14.5. The number of benzene rings is 2. The molecule has 0 bridgehead atoms. The molecule has 2 aromatic carbocycles. The van der Waals surface area contributed by atoms with Gasteiger partial charge in [0.05, 0.1) is 39.0 Å². The van der Waals surface area contributed by atoms with Gasteiger partial charge in [-0.2, -0.15) is 0 Å². The van der Waals surface area contributed by atoms with Gasteiger partial charge in [0.1, 0.15) is 0 Å². The summed E-state index contributed by atoms with van der Waals surface area (Å²) in [6, 6.07) is 11.0. The fourth-order valence-corrected chi connectivity index (χ4v) is 5.11. The summed E-state index contributed by atoms with van der Waals surface area (Å²) in [5, 5.41) is 1.74. The van der Waals surface area contributed by atoms with E-state index in [1.165, 1.54) is 11.3 Å². The summed E-state index contributed by atoms with van der Waals surface area (Å²) in [6.07, 6.45) is 0.832. The average molecular weight is 464 g/mol. The zero-order valence-corrected chi connectivity index (χ0v) is 19.1. The van der Waals surface area contributed by atoms with Crippen molar-refractivity contribution in [2.45, 2.75) is 13.3 Å². The molecule has 158 valence electrons. The summed E-state index contributed by atoms with van der Waals surface area (Å²) in [5.41, 5.74) is 2.36. The molecule has 4 rings (SSSR count). The van der Waals surface area contributed by atoms with Crippen LogP contribution in [0.2, 0.25) is 10.0 Å². The van der Waals surface area contributed by atoms with Crippen LogP contribution in [-0.2, 0) is 4.74 Å². The van der Waals surface area contributed by atoms with Crippen LogP contribution in [0.3, 0.4) is 0 Å². The highest BCUT2D eigenvalue weighted by Gasteiger charge is 2.24. The van der Waals surface area contributed by atoms with Gasteiger partial charge in [-0.3, -0.25) is 14.6 Å². The maximum Gasteiger partial charge on any atom is 0.261 e. The quantitative estimate of drug-likeness (QED) is 0.498. The van der Waals surface area contributed by atoms with E-state index >= 15 is 0 Å². The summed E-state index contributed by atoms with van der Waals surface area (Å²) in [7, 11) is 0. The number of aromatic nitrogens is 1. The van der Waals surface area contributed by atoms with E-state index in [9.17, 15) is 4.79 Å². The molecular weight excluding hydrogens is 441 g/mol. The van der Waals surface area contributed by atoms with Crippen molar-refractivity contribution in [1.29, 1.82) is 0 Å². The molecule has 0 saturated carbocycles. The van der Waals surface area contributed by atoms with E-state index in [0.29, 0.717) is 27.3 Å². The zero-order valence-electron chi connectivity index (χ0n) is 16.7. The third-order valence-corrected chi connectivity index (χ3v) is 7.09. The lowest BCUT2D eigenvalue weighted by Crippen LogP contribution is -2.39. The molecule has 0 N–H and O–H groups in total. The first-order valence-electron chi connectivity index (χ1n) is 9.97. The molecule has 0 radical (unpaired) electrons. The molecule has 1 aliphatic heterocycles. The highest BCUT2D eigenvalue weighted by molar-refractivity contribution is 7.23. The highest BCUT2D eigenvalue weighted by Crippen LogP contribution is 2.36. The maximum absolute atomic E-state index is 13.4. The van der Waals surface area contributed by atoms with Gasteiger partial charge in [0.25, 0.3) is 5.91 Å². The van der Waals surface area contributed by atoms with Crippen molar-refractivity contribution < 1.29 is 9.53 Å². The Morgan fingerprint density at radius 2 is 1.93 bits per heavy atom. The fourth-order valence-electron chi connectivity index (χ4n) is 3.55. The lowest BCUT2D eigenvalue weighted by Gasteiger charge is -2.27. The van der Waals surface area contributed by atoms with Gasteiger partial charge in [0, 0.05) is 26.2 Å². The van der Waals surface area contributed by atoms with Gasteiger partial charge >= 0.3 is 0 Å². The molecule has 1 aliphatic rings. The molecule has 3 aromatic rings. The number of hydrogen-bond acceptors (Lipinski definition) is 5. The molecule has 1 amide bonds. The third-order valence-electron chi connectivity index (χ3n) is 5.23. The van der Waals surface area contributed by atoms with E-state index in [1.807, 2.05) is 31.2 Å². The average Bonchev–Trinajstić information content (AvgIpc) is 3.21. The van der Waals surface area contributed by atoms with E-state index in [4.69, 9.17) is 32.9 Å². The van der Waals surface area contributed by atoms with Gasteiger partial charge < -0.3 is 4.74 Å². The van der Waals surface area contributed by atoms with Gasteiger partial charge in [0.2, 0.25) is 0 Å². The summed E-state index contributed by atoms with van der Waals surface area (Å²) >= 11 is 14.2. The number of hydrogen-bond donors (Lipinski definition) is 0. The van der Waals surface area contributed by atoms with Crippen LogP contribution in [0, 0.1) is 6.92 Å². The number of halogens is 2. The second kappa shape index (κ2) is 9.62. The smallest absolute Gasteiger partial charge is 0.261 e. The Labute approximate surface area is 190 Å². The number of fused-ring (bicyclic) bond motifs is 1. The van der Waals surface area contributed by atoms with Crippen LogP contribution in [0.25, 0.3) is 10.2 Å². The van der Waals surface area contributed by atoms with Crippen LogP contribution in [0.4, 0.5) is 5.13 Å². The molecule has 2 heterocycles. The van der Waals surface area contributed by atoms with Crippen molar-refractivity contribution in [1.82, 2.24) is 9.88 Å². The number of thiazole rings is 1. The summed E-state index contributed by atoms with van der Waals surface area (Å²) in [5.74, 6) is -0.143. The number of ether oxygens (including phenoxy) is 1. The second-order valence-electron chi connectivity index (χ2n) is 7.28. The number of rotatable bonds is 6. The SMILES string of the molecule is Cc1ccc(Cl)c2sc(N(CCCN3CCOCC3)C(=O)c3ccccc3Cl)nc12. The monoisotopic (exact) mass is 463 g/mol. The van der Waals surface area contributed by atoms with E-state index in [1.54, 1.807) is 17.0 Å². The van der Waals surface area contributed by atoms with Crippen molar-refractivity contribution in [3.8, 4) is 0 Å². The minimum atomic E-state index is -0.143. The second-order valence-corrected chi connectivity index (χ2v) is 9.07. The lowest BCUT2D eigenvalue weighted by atomic mass is 10.2. The Morgan fingerprint density at radius 1 is 1.17 bits per heavy atom. The van der Waals surface area contributed by atoms with Gasteiger partial charge in [-0.15, -0.1) is 0 Å². The molecule has 1 saturated heterocycles. The minimum Gasteiger partial charge on any atom is -0.379 e. The van der Waals surface area contributed by atoms with Gasteiger partial charge in [0.15, 0.2) is 5.13 Å². The van der Waals surface area contributed by atoms with Crippen molar-refractivity contribution in [2.75, 3.05) is 44.3 Å². The Bertz CT molecular complexity index is 1010. The molecular formula is C22H23Cl2N3O2S. The van der Waals surface area contributed by atoms with Gasteiger partial charge in [-0.1, -0.05) is 52.7 Å². The fraction of sp³-hybridized carbons (Fsp3) is 0.364. The van der Waals surface area contributed by atoms with Crippen LogP contribution in [-0.4, -0.2) is 55.2 Å². The molecule has 8 heteroatoms. The largest absolute Gasteiger partial charge is 0.379 e. The van der Waals surface area contributed by atoms with Crippen LogP contribution in [0.5, 0.6) is 0 Å². The standard InChI is InChI=1S/C22H23Cl2N3O2S/c1-15-7-8-18(24)20-19(15)25-22(30-20)27(10-4-9-26-11-13-29-14-12-26)21(28)16-5-2-3-6-17(16)23/h2-3,5-8H,4,9-14H2,1H3. The van der Waals surface area contributed by atoms with E-state index < -0.39 is 0 Å². The first-order valence-corrected chi connectivity index (χ1v) is 11.5. The minimum absolute atomic E-state index is 0.143. The number of carbonyl (C=O) groups excluding carboxylic acids is 1. The molecule has 0 unspecified atom stereocenters.